The molecule has 0 fully saturated rings. The van der Waals surface area contributed by atoms with E-state index in [0.717, 1.165) is 38.3 Å². The number of aliphatic hydroxyl groups excluding tert-OH is 1. The number of aryl methyl sites for hydroxylation is 1. The smallest absolute Gasteiger partial charge is 0.0975 e. The van der Waals surface area contributed by atoms with Crippen LogP contribution in [-0.2, 0) is 19.6 Å². The van der Waals surface area contributed by atoms with E-state index in [-0.39, 0.29) is 0 Å². The summed E-state index contributed by atoms with van der Waals surface area (Å²) >= 11 is 0. The zero-order valence-corrected chi connectivity index (χ0v) is 14.1. The molecule has 0 saturated carbocycles. The van der Waals surface area contributed by atoms with Crippen molar-refractivity contribution >= 4 is 10.9 Å². The van der Waals surface area contributed by atoms with E-state index >= 15 is 0 Å². The molecule has 24 heavy (non-hydrogen) atoms. The molecule has 0 radical (unpaired) electrons. The number of H-pyrrole nitrogens is 1. The molecular formula is C19H24N4O. The van der Waals surface area contributed by atoms with E-state index in [2.05, 4.69) is 50.0 Å². The number of hydrogen-bond donors (Lipinski definition) is 2. The van der Waals surface area contributed by atoms with Crippen molar-refractivity contribution in [1.29, 1.82) is 0 Å². The number of aliphatic hydroxyl groups is 1. The van der Waals surface area contributed by atoms with Crippen molar-refractivity contribution < 1.29 is 5.11 Å². The van der Waals surface area contributed by atoms with Crippen molar-refractivity contribution in [1.82, 2.24) is 19.7 Å². The number of fused-ring (bicyclic) bond motifs is 2. The highest BCUT2D eigenvalue weighted by atomic mass is 16.3. The Morgan fingerprint density at radius 1 is 1.29 bits per heavy atom. The van der Waals surface area contributed by atoms with Crippen LogP contribution in [0.3, 0.4) is 0 Å². The van der Waals surface area contributed by atoms with Gasteiger partial charge in [-0.3, -0.25) is 9.58 Å². The number of nitrogens with zero attached hydrogens (tertiary/aromatic N) is 3. The molecule has 0 aliphatic carbocycles. The molecule has 0 bridgehead atoms. The summed E-state index contributed by atoms with van der Waals surface area (Å²) in [7, 11) is 0. The van der Waals surface area contributed by atoms with Crippen molar-refractivity contribution in [2.24, 2.45) is 0 Å². The van der Waals surface area contributed by atoms with Crippen LogP contribution in [0.5, 0.6) is 0 Å². The van der Waals surface area contributed by atoms with Gasteiger partial charge in [0.15, 0.2) is 0 Å². The maximum atomic E-state index is 10.1. The highest BCUT2D eigenvalue weighted by Crippen LogP contribution is 2.23. The summed E-state index contributed by atoms with van der Waals surface area (Å²) in [4.78, 5) is 5.83. The first-order valence-electron chi connectivity index (χ1n) is 8.76. The zero-order valence-electron chi connectivity index (χ0n) is 14.1. The lowest BCUT2D eigenvalue weighted by atomic mass is 10.1. The van der Waals surface area contributed by atoms with Gasteiger partial charge in [0.25, 0.3) is 0 Å². The third kappa shape index (κ3) is 2.85. The van der Waals surface area contributed by atoms with E-state index in [0.29, 0.717) is 6.42 Å². The van der Waals surface area contributed by atoms with E-state index in [9.17, 15) is 5.11 Å². The average Bonchev–Trinajstić information content (AvgIpc) is 3.18. The van der Waals surface area contributed by atoms with Gasteiger partial charge in [0.05, 0.1) is 17.5 Å². The molecule has 1 aliphatic heterocycles. The molecule has 2 aromatic heterocycles. The minimum absolute atomic E-state index is 0.453. The number of aromatic nitrogens is 3. The van der Waals surface area contributed by atoms with Gasteiger partial charge < -0.3 is 10.1 Å². The second kappa shape index (κ2) is 6.42. The molecule has 0 amide bonds. The van der Waals surface area contributed by atoms with Crippen LogP contribution in [0.2, 0.25) is 0 Å². The summed E-state index contributed by atoms with van der Waals surface area (Å²) in [5.74, 6) is 0. The van der Waals surface area contributed by atoms with E-state index < -0.39 is 6.10 Å². The topological polar surface area (TPSA) is 57.1 Å². The number of nitrogens with one attached hydrogen (secondary N) is 1. The molecule has 4 rings (SSSR count). The van der Waals surface area contributed by atoms with Gasteiger partial charge in [-0.2, -0.15) is 5.10 Å². The first-order chi connectivity index (χ1) is 11.7. The SMILES string of the molecule is CC[C@@H](O)c1cc2n(n1)CCCN(Cc1cccc3cc[nH]c13)C2. The van der Waals surface area contributed by atoms with Crippen molar-refractivity contribution in [2.45, 2.75) is 45.5 Å². The Balaban J connectivity index is 1.57. The minimum atomic E-state index is -0.453. The monoisotopic (exact) mass is 324 g/mol. The minimum Gasteiger partial charge on any atom is -0.387 e. The van der Waals surface area contributed by atoms with Gasteiger partial charge in [0, 0.05) is 37.9 Å². The zero-order chi connectivity index (χ0) is 16.5. The number of benzene rings is 1. The van der Waals surface area contributed by atoms with Crippen molar-refractivity contribution in [3.8, 4) is 0 Å². The number of hydrogen-bond acceptors (Lipinski definition) is 3. The number of aromatic amines is 1. The van der Waals surface area contributed by atoms with Crippen LogP contribution in [0.1, 0.15) is 42.8 Å². The van der Waals surface area contributed by atoms with Gasteiger partial charge in [-0.15, -0.1) is 0 Å². The van der Waals surface area contributed by atoms with Gasteiger partial charge >= 0.3 is 0 Å². The highest BCUT2D eigenvalue weighted by molar-refractivity contribution is 5.82. The molecule has 5 nitrogen and oxygen atoms in total. The molecule has 5 heteroatoms. The Morgan fingerprint density at radius 2 is 2.21 bits per heavy atom. The Hall–Kier alpha value is -2.11. The van der Waals surface area contributed by atoms with Crippen LogP contribution in [0, 0.1) is 0 Å². The Kier molecular flexibility index (Phi) is 4.12. The fourth-order valence-electron chi connectivity index (χ4n) is 3.58. The predicted octanol–water partition coefficient (Wildman–Crippen LogP) is 3.21. The average molecular weight is 324 g/mol. The predicted molar refractivity (Wildman–Crippen MR) is 94.5 cm³/mol. The molecule has 0 saturated heterocycles. The van der Waals surface area contributed by atoms with Crippen LogP contribution in [0.15, 0.2) is 36.5 Å². The molecule has 1 atom stereocenters. The second-order valence-corrected chi connectivity index (χ2v) is 6.63. The molecule has 3 aromatic rings. The lowest BCUT2D eigenvalue weighted by Crippen LogP contribution is -2.22. The molecule has 126 valence electrons. The molecule has 0 spiro atoms. The third-order valence-electron chi connectivity index (χ3n) is 4.91. The first-order valence-corrected chi connectivity index (χ1v) is 8.76. The lowest BCUT2D eigenvalue weighted by molar-refractivity contribution is 0.167. The molecule has 1 aliphatic rings. The Bertz CT molecular complexity index is 835. The molecular weight excluding hydrogens is 300 g/mol. The third-order valence-corrected chi connectivity index (χ3v) is 4.91. The van der Waals surface area contributed by atoms with Crippen LogP contribution < -0.4 is 0 Å². The molecule has 2 N–H and O–H groups in total. The maximum Gasteiger partial charge on any atom is 0.0975 e. The largest absolute Gasteiger partial charge is 0.387 e. The van der Waals surface area contributed by atoms with Crippen LogP contribution in [0.4, 0.5) is 0 Å². The van der Waals surface area contributed by atoms with Gasteiger partial charge in [-0.25, -0.2) is 0 Å². The summed E-state index contributed by atoms with van der Waals surface area (Å²) in [6.45, 7) is 5.77. The van der Waals surface area contributed by atoms with E-state index in [1.54, 1.807) is 0 Å². The summed E-state index contributed by atoms with van der Waals surface area (Å²) < 4.78 is 2.07. The summed E-state index contributed by atoms with van der Waals surface area (Å²) in [5.41, 5.74) is 4.58. The first kappa shape index (κ1) is 15.4. The summed E-state index contributed by atoms with van der Waals surface area (Å²) in [5, 5.41) is 15.9. The summed E-state index contributed by atoms with van der Waals surface area (Å²) in [6.07, 6.45) is 3.33. The standard InChI is InChI=1S/C19H24N4O/c1-2-18(24)17-11-16-13-22(9-4-10-23(16)21-17)12-15-6-3-5-14-7-8-20-19(14)15/h3,5-8,11,18,20,24H,2,4,9-10,12-13H2,1H3/t18-/m1/s1. The van der Waals surface area contributed by atoms with Gasteiger partial charge in [0.1, 0.15) is 0 Å². The lowest BCUT2D eigenvalue weighted by Gasteiger charge is -2.20. The summed E-state index contributed by atoms with van der Waals surface area (Å²) in [6, 6.07) is 10.7. The maximum absolute atomic E-state index is 10.1. The Labute approximate surface area is 141 Å². The van der Waals surface area contributed by atoms with Crippen molar-refractivity contribution in [3.63, 3.8) is 0 Å². The quantitative estimate of drug-likeness (QED) is 0.775. The van der Waals surface area contributed by atoms with Crippen LogP contribution >= 0.6 is 0 Å². The second-order valence-electron chi connectivity index (χ2n) is 6.63. The van der Waals surface area contributed by atoms with Crippen molar-refractivity contribution in [3.05, 3.63) is 53.5 Å². The van der Waals surface area contributed by atoms with Crippen LogP contribution in [-0.4, -0.2) is 31.3 Å². The van der Waals surface area contributed by atoms with Gasteiger partial charge in [-0.05, 0) is 35.9 Å². The van der Waals surface area contributed by atoms with Gasteiger partial charge in [0.2, 0.25) is 0 Å². The van der Waals surface area contributed by atoms with Crippen LogP contribution in [0.25, 0.3) is 10.9 Å². The fraction of sp³-hybridized carbons (Fsp3) is 0.421. The fourth-order valence-corrected chi connectivity index (χ4v) is 3.58. The Morgan fingerprint density at radius 3 is 3.08 bits per heavy atom. The van der Waals surface area contributed by atoms with E-state index in [4.69, 9.17) is 0 Å². The molecule has 1 aromatic carbocycles. The van der Waals surface area contributed by atoms with Crippen molar-refractivity contribution in [2.75, 3.05) is 6.54 Å². The van der Waals surface area contributed by atoms with Gasteiger partial charge in [-0.1, -0.05) is 25.1 Å². The number of rotatable bonds is 4. The highest BCUT2D eigenvalue weighted by Gasteiger charge is 2.19. The molecule has 0 unspecified atom stereocenters. The normalized spacial score (nSPS) is 16.9. The van der Waals surface area contributed by atoms with E-state index in [1.165, 1.54) is 22.2 Å². The van der Waals surface area contributed by atoms with E-state index in [1.807, 2.05) is 13.1 Å². The molecule has 3 heterocycles. The number of para-hydroxylation sites is 1.